The van der Waals surface area contributed by atoms with Gasteiger partial charge in [-0.2, -0.15) is 13.5 Å². The molecule has 0 atom stereocenters. The first-order valence-electron chi connectivity index (χ1n) is 9.07. The van der Waals surface area contributed by atoms with Crippen molar-refractivity contribution in [2.24, 2.45) is 5.10 Å². The third-order valence-electron chi connectivity index (χ3n) is 4.41. The number of hydrogen-bond donors (Lipinski definition) is 1. The van der Waals surface area contributed by atoms with Crippen LogP contribution in [0.3, 0.4) is 0 Å². The molecule has 0 fully saturated rings. The van der Waals surface area contributed by atoms with Gasteiger partial charge in [-0.05, 0) is 58.7 Å². The predicted octanol–water partition coefficient (Wildman–Crippen LogP) is 4.90. The highest BCUT2D eigenvalue weighted by atomic mass is 32.2. The van der Waals surface area contributed by atoms with Crippen LogP contribution in [0.5, 0.6) is 0 Å². The molecular weight excluding hydrogens is 356 g/mol. The second kappa shape index (κ2) is 7.47. The first kappa shape index (κ1) is 21.2. The number of rotatable bonds is 4. The Kier molecular flexibility index (Phi) is 5.85. The van der Waals surface area contributed by atoms with Crippen LogP contribution in [0.25, 0.3) is 0 Å². The van der Waals surface area contributed by atoms with E-state index in [0.717, 1.165) is 11.1 Å². The molecule has 4 nitrogen and oxygen atoms in total. The topological polar surface area (TPSA) is 58.5 Å². The van der Waals surface area contributed by atoms with Gasteiger partial charge in [0.2, 0.25) is 0 Å². The fraction of sp³-hybridized carbons (Fsp3) is 0.409. The summed E-state index contributed by atoms with van der Waals surface area (Å²) in [5.74, 6) is 0. The van der Waals surface area contributed by atoms with E-state index in [0.29, 0.717) is 0 Å². The molecule has 2 aromatic carbocycles. The van der Waals surface area contributed by atoms with E-state index in [1.54, 1.807) is 30.5 Å². The van der Waals surface area contributed by atoms with Gasteiger partial charge in [0, 0.05) is 0 Å². The van der Waals surface area contributed by atoms with Gasteiger partial charge in [0.05, 0.1) is 11.1 Å². The standard InChI is InChI=1S/C22H30N2O2S/c1-16-8-10-20(11-9-16)27(25,26)24-23-15-17-12-18(21(2,3)4)14-19(13-17)22(5,6)7/h8-15,24H,1-7H3. The van der Waals surface area contributed by atoms with Crippen molar-refractivity contribution in [3.8, 4) is 0 Å². The van der Waals surface area contributed by atoms with Gasteiger partial charge in [-0.25, -0.2) is 4.83 Å². The van der Waals surface area contributed by atoms with E-state index >= 15 is 0 Å². The predicted molar refractivity (Wildman–Crippen MR) is 113 cm³/mol. The first-order chi connectivity index (χ1) is 12.3. The van der Waals surface area contributed by atoms with Crippen molar-refractivity contribution in [1.82, 2.24) is 4.83 Å². The summed E-state index contributed by atoms with van der Waals surface area (Å²) < 4.78 is 24.7. The maximum atomic E-state index is 12.4. The lowest BCUT2D eigenvalue weighted by molar-refractivity contribution is 0.568. The van der Waals surface area contributed by atoms with Crippen LogP contribution in [0.1, 0.15) is 63.8 Å². The fourth-order valence-corrected chi connectivity index (χ4v) is 3.32. The molecule has 0 spiro atoms. The van der Waals surface area contributed by atoms with E-state index < -0.39 is 10.0 Å². The molecule has 0 radical (unpaired) electrons. The van der Waals surface area contributed by atoms with Gasteiger partial charge in [0.25, 0.3) is 10.0 Å². The Morgan fingerprint density at radius 2 is 1.33 bits per heavy atom. The molecule has 0 aliphatic heterocycles. The number of benzene rings is 2. The largest absolute Gasteiger partial charge is 0.276 e. The Balaban J connectivity index is 2.31. The molecule has 0 unspecified atom stereocenters. The lowest BCUT2D eigenvalue weighted by atomic mass is 9.80. The normalized spacial score (nSPS) is 13.1. The Bertz CT molecular complexity index is 898. The lowest BCUT2D eigenvalue weighted by Gasteiger charge is -2.25. The van der Waals surface area contributed by atoms with E-state index in [-0.39, 0.29) is 15.7 Å². The molecule has 0 saturated heterocycles. The second-order valence-electron chi connectivity index (χ2n) is 9.01. The highest BCUT2D eigenvalue weighted by molar-refractivity contribution is 7.89. The Hall–Kier alpha value is -2.14. The van der Waals surface area contributed by atoms with Crippen LogP contribution >= 0.6 is 0 Å². The maximum Gasteiger partial charge on any atom is 0.276 e. The van der Waals surface area contributed by atoms with Gasteiger partial charge in [0.1, 0.15) is 0 Å². The van der Waals surface area contributed by atoms with Crippen molar-refractivity contribution in [2.45, 2.75) is 64.2 Å². The lowest BCUT2D eigenvalue weighted by Crippen LogP contribution is -2.19. The van der Waals surface area contributed by atoms with E-state index in [1.807, 2.05) is 6.92 Å². The van der Waals surface area contributed by atoms with Crippen LogP contribution in [-0.4, -0.2) is 14.6 Å². The number of hydrogen-bond acceptors (Lipinski definition) is 3. The second-order valence-corrected chi connectivity index (χ2v) is 10.7. The zero-order chi connectivity index (χ0) is 20.5. The quantitative estimate of drug-likeness (QED) is 0.600. The van der Waals surface area contributed by atoms with Crippen molar-refractivity contribution in [3.05, 3.63) is 64.7 Å². The minimum Gasteiger partial charge on any atom is -0.200 e. The molecule has 2 aromatic rings. The number of aryl methyl sites for hydroxylation is 1. The van der Waals surface area contributed by atoms with Crippen molar-refractivity contribution in [2.75, 3.05) is 0 Å². The minimum absolute atomic E-state index is 0.00868. The zero-order valence-electron chi connectivity index (χ0n) is 17.3. The summed E-state index contributed by atoms with van der Waals surface area (Å²) in [5, 5.41) is 4.00. The average Bonchev–Trinajstić information content (AvgIpc) is 2.53. The van der Waals surface area contributed by atoms with Crippen LogP contribution in [0.15, 0.2) is 52.5 Å². The molecule has 0 saturated carbocycles. The zero-order valence-corrected chi connectivity index (χ0v) is 18.1. The molecule has 0 amide bonds. The van der Waals surface area contributed by atoms with Gasteiger partial charge in [-0.3, -0.25) is 0 Å². The summed E-state index contributed by atoms with van der Waals surface area (Å²) >= 11 is 0. The molecule has 0 aromatic heterocycles. The third kappa shape index (κ3) is 5.67. The molecule has 2 rings (SSSR count). The Morgan fingerprint density at radius 1 is 0.852 bits per heavy atom. The highest BCUT2D eigenvalue weighted by Gasteiger charge is 2.20. The van der Waals surface area contributed by atoms with Crippen molar-refractivity contribution in [1.29, 1.82) is 0 Å². The SMILES string of the molecule is Cc1ccc(S(=O)(=O)NN=Cc2cc(C(C)(C)C)cc(C(C)(C)C)c2)cc1. The van der Waals surface area contributed by atoms with Crippen LogP contribution in [0, 0.1) is 6.92 Å². The molecule has 0 heterocycles. The third-order valence-corrected chi connectivity index (χ3v) is 5.64. The van der Waals surface area contributed by atoms with E-state index in [9.17, 15) is 8.42 Å². The van der Waals surface area contributed by atoms with Gasteiger partial charge >= 0.3 is 0 Å². The summed E-state index contributed by atoms with van der Waals surface area (Å²) in [5.41, 5.74) is 4.25. The number of sulfonamides is 1. The van der Waals surface area contributed by atoms with E-state index in [2.05, 4.69) is 69.7 Å². The van der Waals surface area contributed by atoms with Crippen LogP contribution in [0.4, 0.5) is 0 Å². The van der Waals surface area contributed by atoms with Gasteiger partial charge in [-0.15, -0.1) is 0 Å². The molecule has 1 N–H and O–H groups in total. The number of hydrazone groups is 1. The smallest absolute Gasteiger partial charge is 0.200 e. The minimum atomic E-state index is -3.67. The maximum absolute atomic E-state index is 12.4. The highest BCUT2D eigenvalue weighted by Crippen LogP contribution is 2.29. The van der Waals surface area contributed by atoms with Gasteiger partial charge in [-0.1, -0.05) is 65.3 Å². The Labute approximate surface area is 163 Å². The summed E-state index contributed by atoms with van der Waals surface area (Å²) in [7, 11) is -3.67. The molecule has 146 valence electrons. The number of nitrogens with one attached hydrogen (secondary N) is 1. The molecule has 5 heteroatoms. The molecule has 27 heavy (non-hydrogen) atoms. The molecule has 0 aliphatic rings. The van der Waals surface area contributed by atoms with E-state index in [1.165, 1.54) is 11.1 Å². The average molecular weight is 387 g/mol. The van der Waals surface area contributed by atoms with Crippen LogP contribution < -0.4 is 4.83 Å². The molecular formula is C22H30N2O2S. The van der Waals surface area contributed by atoms with E-state index in [4.69, 9.17) is 0 Å². The Morgan fingerprint density at radius 3 is 1.78 bits per heavy atom. The summed E-state index contributed by atoms with van der Waals surface area (Å²) in [6.07, 6.45) is 1.57. The van der Waals surface area contributed by atoms with Crippen molar-refractivity contribution >= 4 is 16.2 Å². The van der Waals surface area contributed by atoms with Crippen molar-refractivity contribution < 1.29 is 8.42 Å². The summed E-state index contributed by atoms with van der Waals surface area (Å²) in [6.45, 7) is 14.9. The summed E-state index contributed by atoms with van der Waals surface area (Å²) in [6, 6.07) is 13.0. The number of nitrogens with zero attached hydrogens (tertiary/aromatic N) is 1. The first-order valence-corrected chi connectivity index (χ1v) is 10.5. The van der Waals surface area contributed by atoms with Crippen LogP contribution in [0.2, 0.25) is 0 Å². The van der Waals surface area contributed by atoms with Crippen molar-refractivity contribution in [3.63, 3.8) is 0 Å². The fourth-order valence-electron chi connectivity index (χ4n) is 2.53. The monoisotopic (exact) mass is 386 g/mol. The van der Waals surface area contributed by atoms with Gasteiger partial charge < -0.3 is 0 Å². The van der Waals surface area contributed by atoms with Crippen LogP contribution in [-0.2, 0) is 20.9 Å². The van der Waals surface area contributed by atoms with Gasteiger partial charge in [0.15, 0.2) is 0 Å². The molecule has 0 aliphatic carbocycles. The summed E-state index contributed by atoms with van der Waals surface area (Å²) in [4.78, 5) is 2.50. The molecule has 0 bridgehead atoms.